The zero-order chi connectivity index (χ0) is 12.1. The zero-order valence-electron chi connectivity index (χ0n) is 10.6. The third-order valence-corrected chi connectivity index (χ3v) is 3.91. The van der Waals surface area contributed by atoms with Crippen LogP contribution in [0.1, 0.15) is 38.2 Å². The molecule has 2 rings (SSSR count). The van der Waals surface area contributed by atoms with Gasteiger partial charge in [-0.25, -0.2) is 4.39 Å². The number of hydrogen-bond donors (Lipinski definition) is 1. The Labute approximate surface area is 103 Å². The molecule has 0 bridgehead atoms. The van der Waals surface area contributed by atoms with Crippen molar-refractivity contribution in [3.63, 3.8) is 0 Å². The molecule has 2 atom stereocenters. The van der Waals surface area contributed by atoms with Crippen LogP contribution in [0.25, 0.3) is 0 Å². The molecule has 0 aliphatic heterocycles. The minimum atomic E-state index is -0.143. The van der Waals surface area contributed by atoms with E-state index in [1.54, 1.807) is 12.1 Å². The molecule has 1 saturated carbocycles. The van der Waals surface area contributed by atoms with E-state index in [0.29, 0.717) is 0 Å². The van der Waals surface area contributed by atoms with Crippen molar-refractivity contribution in [2.45, 2.75) is 39.2 Å². The maximum Gasteiger partial charge on any atom is 0.123 e. The van der Waals surface area contributed by atoms with E-state index < -0.39 is 0 Å². The molecule has 2 heteroatoms. The van der Waals surface area contributed by atoms with Crippen LogP contribution in [-0.4, -0.2) is 6.54 Å². The summed E-state index contributed by atoms with van der Waals surface area (Å²) < 4.78 is 13.0. The lowest BCUT2D eigenvalue weighted by Crippen LogP contribution is -2.29. The predicted octanol–water partition coefficient (Wildman–Crippen LogP) is 3.74. The Morgan fingerprint density at radius 2 is 2.12 bits per heavy atom. The molecule has 0 heterocycles. The molecule has 1 N–H and O–H groups in total. The van der Waals surface area contributed by atoms with E-state index in [-0.39, 0.29) is 5.82 Å². The van der Waals surface area contributed by atoms with Crippen molar-refractivity contribution in [1.29, 1.82) is 0 Å². The molecule has 1 aliphatic carbocycles. The lowest BCUT2D eigenvalue weighted by molar-refractivity contribution is 0.247. The summed E-state index contributed by atoms with van der Waals surface area (Å²) in [5, 5.41) is 3.46. The van der Waals surface area contributed by atoms with Crippen LogP contribution >= 0.6 is 0 Å². The van der Waals surface area contributed by atoms with Gasteiger partial charge in [-0.2, -0.15) is 0 Å². The Balaban J connectivity index is 1.75. The maximum atomic E-state index is 13.0. The van der Waals surface area contributed by atoms with E-state index in [1.807, 2.05) is 6.07 Å². The first-order valence-electron chi connectivity index (χ1n) is 6.71. The predicted molar refractivity (Wildman–Crippen MR) is 69.2 cm³/mol. The normalized spacial score (nSPS) is 24.8. The first-order valence-corrected chi connectivity index (χ1v) is 6.71. The smallest absolute Gasteiger partial charge is 0.123 e. The highest BCUT2D eigenvalue weighted by molar-refractivity contribution is 5.15. The van der Waals surface area contributed by atoms with Crippen molar-refractivity contribution in [2.24, 2.45) is 11.8 Å². The molecular formula is C15H22FN. The first-order chi connectivity index (χ1) is 8.25. The number of rotatable bonds is 4. The van der Waals surface area contributed by atoms with E-state index in [2.05, 4.69) is 12.2 Å². The van der Waals surface area contributed by atoms with Crippen LogP contribution in [0.15, 0.2) is 24.3 Å². The van der Waals surface area contributed by atoms with E-state index in [1.165, 1.54) is 31.7 Å². The molecule has 1 nitrogen and oxygen atoms in total. The van der Waals surface area contributed by atoms with Crippen LogP contribution in [0.3, 0.4) is 0 Å². The fraction of sp³-hybridized carbons (Fsp3) is 0.600. The summed E-state index contributed by atoms with van der Waals surface area (Å²) in [6.45, 7) is 4.20. The topological polar surface area (TPSA) is 12.0 Å². The number of nitrogens with one attached hydrogen (secondary N) is 1. The lowest BCUT2D eigenvalue weighted by Gasteiger charge is -2.28. The summed E-state index contributed by atoms with van der Waals surface area (Å²) in [6, 6.07) is 6.85. The van der Waals surface area contributed by atoms with Crippen LogP contribution in [0.4, 0.5) is 4.39 Å². The monoisotopic (exact) mass is 235 g/mol. The van der Waals surface area contributed by atoms with Gasteiger partial charge in [-0.05, 0) is 42.5 Å². The Morgan fingerprint density at radius 3 is 2.88 bits per heavy atom. The van der Waals surface area contributed by atoms with Gasteiger partial charge >= 0.3 is 0 Å². The van der Waals surface area contributed by atoms with Gasteiger partial charge < -0.3 is 5.32 Å². The molecule has 0 radical (unpaired) electrons. The van der Waals surface area contributed by atoms with Crippen molar-refractivity contribution in [3.8, 4) is 0 Å². The van der Waals surface area contributed by atoms with Crippen LogP contribution in [-0.2, 0) is 6.54 Å². The average Bonchev–Trinajstić information content (AvgIpc) is 2.32. The summed E-state index contributed by atoms with van der Waals surface area (Å²) in [6.07, 6.45) is 5.47. The number of benzene rings is 1. The second-order valence-electron chi connectivity index (χ2n) is 5.28. The number of halogens is 1. The largest absolute Gasteiger partial charge is 0.312 e. The third-order valence-electron chi connectivity index (χ3n) is 3.91. The molecule has 0 saturated heterocycles. The zero-order valence-corrected chi connectivity index (χ0v) is 10.6. The van der Waals surface area contributed by atoms with Gasteiger partial charge in [0.25, 0.3) is 0 Å². The van der Waals surface area contributed by atoms with Gasteiger partial charge in [0.05, 0.1) is 0 Å². The van der Waals surface area contributed by atoms with Crippen molar-refractivity contribution >= 4 is 0 Å². The highest BCUT2D eigenvalue weighted by Crippen LogP contribution is 2.28. The molecule has 94 valence electrons. The van der Waals surface area contributed by atoms with Crippen molar-refractivity contribution in [1.82, 2.24) is 5.32 Å². The molecule has 0 aromatic heterocycles. The summed E-state index contributed by atoms with van der Waals surface area (Å²) >= 11 is 0. The molecule has 0 amide bonds. The van der Waals surface area contributed by atoms with Gasteiger partial charge in [0.15, 0.2) is 0 Å². The Kier molecular flexibility index (Phi) is 4.55. The quantitative estimate of drug-likeness (QED) is 0.838. The summed E-state index contributed by atoms with van der Waals surface area (Å²) in [5.74, 6) is 1.50. The van der Waals surface area contributed by atoms with E-state index >= 15 is 0 Å². The average molecular weight is 235 g/mol. The molecule has 1 aromatic rings. The second-order valence-corrected chi connectivity index (χ2v) is 5.28. The maximum absolute atomic E-state index is 13.0. The molecule has 1 aliphatic rings. The van der Waals surface area contributed by atoms with Crippen LogP contribution < -0.4 is 5.32 Å². The van der Waals surface area contributed by atoms with E-state index in [0.717, 1.165) is 30.5 Å². The third kappa shape index (κ3) is 3.81. The minimum Gasteiger partial charge on any atom is -0.312 e. The van der Waals surface area contributed by atoms with Crippen LogP contribution in [0.5, 0.6) is 0 Å². The summed E-state index contributed by atoms with van der Waals surface area (Å²) in [7, 11) is 0. The molecule has 0 spiro atoms. The summed E-state index contributed by atoms with van der Waals surface area (Å²) in [4.78, 5) is 0. The molecule has 17 heavy (non-hydrogen) atoms. The highest BCUT2D eigenvalue weighted by Gasteiger charge is 2.20. The lowest BCUT2D eigenvalue weighted by atomic mass is 9.80. The second kappa shape index (κ2) is 6.15. The fourth-order valence-corrected chi connectivity index (χ4v) is 2.75. The van der Waals surface area contributed by atoms with Gasteiger partial charge in [-0.3, -0.25) is 0 Å². The summed E-state index contributed by atoms with van der Waals surface area (Å²) in [5.41, 5.74) is 1.04. The molecule has 1 aromatic carbocycles. The van der Waals surface area contributed by atoms with E-state index in [9.17, 15) is 4.39 Å². The fourth-order valence-electron chi connectivity index (χ4n) is 2.75. The molecule has 2 unspecified atom stereocenters. The van der Waals surface area contributed by atoms with Crippen molar-refractivity contribution in [3.05, 3.63) is 35.6 Å². The van der Waals surface area contributed by atoms with Crippen molar-refractivity contribution < 1.29 is 4.39 Å². The van der Waals surface area contributed by atoms with Crippen LogP contribution in [0.2, 0.25) is 0 Å². The van der Waals surface area contributed by atoms with Gasteiger partial charge in [-0.1, -0.05) is 38.3 Å². The number of hydrogen-bond acceptors (Lipinski definition) is 1. The van der Waals surface area contributed by atoms with Gasteiger partial charge in [-0.15, -0.1) is 0 Å². The SMILES string of the molecule is CC1CCCCC1CNCc1cccc(F)c1. The van der Waals surface area contributed by atoms with Crippen LogP contribution in [0, 0.1) is 17.7 Å². The van der Waals surface area contributed by atoms with E-state index in [4.69, 9.17) is 0 Å². The first kappa shape index (κ1) is 12.6. The highest BCUT2D eigenvalue weighted by atomic mass is 19.1. The Morgan fingerprint density at radius 1 is 1.29 bits per heavy atom. The standard InChI is InChI=1S/C15H22FN/c1-12-5-2-3-7-14(12)11-17-10-13-6-4-8-15(16)9-13/h4,6,8-9,12,14,17H,2-3,5,7,10-11H2,1H3. The molecule has 1 fully saturated rings. The Hall–Kier alpha value is -0.890. The van der Waals surface area contributed by atoms with Crippen molar-refractivity contribution in [2.75, 3.05) is 6.54 Å². The minimum absolute atomic E-state index is 0.143. The Bertz CT molecular complexity index is 351. The van der Waals surface area contributed by atoms with Gasteiger partial charge in [0.1, 0.15) is 5.82 Å². The van der Waals surface area contributed by atoms with Gasteiger partial charge in [0, 0.05) is 6.54 Å². The molecular weight excluding hydrogens is 213 g/mol. The van der Waals surface area contributed by atoms with Gasteiger partial charge in [0.2, 0.25) is 0 Å².